The maximum absolute atomic E-state index is 2.60. The van der Waals surface area contributed by atoms with E-state index in [1.54, 1.807) is 0 Å². The summed E-state index contributed by atoms with van der Waals surface area (Å²) in [7, 11) is 0. The molecule has 0 N–H and O–H groups in total. The van der Waals surface area contributed by atoms with Crippen molar-refractivity contribution >= 4 is 70.0 Å². The number of allylic oxidation sites excluding steroid dienone is 6. The van der Waals surface area contributed by atoms with E-state index in [4.69, 9.17) is 0 Å². The topological polar surface area (TPSA) is 3.24 Å². The number of nitrogens with zero attached hydrogens (tertiary/aromatic N) is 1. The van der Waals surface area contributed by atoms with Crippen LogP contribution in [0.25, 0.3) is 58.4 Å². The Labute approximate surface area is 370 Å². The van der Waals surface area contributed by atoms with E-state index in [1.807, 2.05) is 11.3 Å². The molecule has 2 heteroatoms. The molecule has 2 aliphatic carbocycles. The van der Waals surface area contributed by atoms with Gasteiger partial charge in [-0.3, -0.25) is 0 Å². The van der Waals surface area contributed by atoms with Crippen LogP contribution in [-0.2, 0) is 11.8 Å². The first kappa shape index (κ1) is 38.4. The fourth-order valence-electron chi connectivity index (χ4n) is 10.8. The summed E-state index contributed by atoms with van der Waals surface area (Å²) in [6.45, 7) is 7.20. The van der Waals surface area contributed by atoms with Gasteiger partial charge in [-0.05, 0) is 117 Å². The number of aryl methyl sites for hydroxylation is 1. The van der Waals surface area contributed by atoms with Gasteiger partial charge < -0.3 is 4.90 Å². The highest BCUT2D eigenvalue weighted by molar-refractivity contribution is 7.26. The largest absolute Gasteiger partial charge is 0.314 e. The highest BCUT2D eigenvalue weighted by Crippen LogP contribution is 2.56. The van der Waals surface area contributed by atoms with Gasteiger partial charge in [0, 0.05) is 48.5 Å². The number of fused-ring (bicyclic) bond motifs is 9. The fourth-order valence-corrected chi connectivity index (χ4v) is 12.0. The second kappa shape index (κ2) is 15.8. The first-order valence-corrected chi connectivity index (χ1v) is 23.3. The Hall–Kier alpha value is -6.48. The van der Waals surface area contributed by atoms with Crippen molar-refractivity contribution in [2.45, 2.75) is 64.2 Å². The average Bonchev–Trinajstić information content (AvgIpc) is 3.81. The molecule has 62 heavy (non-hydrogen) atoms. The summed E-state index contributed by atoms with van der Waals surface area (Å²) >= 11 is 1.94. The predicted molar refractivity (Wildman–Crippen MR) is 269 cm³/mol. The van der Waals surface area contributed by atoms with Crippen LogP contribution in [0.3, 0.4) is 0 Å². The monoisotopic (exact) mass is 817 g/mol. The molecule has 0 amide bonds. The maximum Gasteiger partial charge on any atom is 0.0536 e. The van der Waals surface area contributed by atoms with Crippen LogP contribution >= 0.6 is 11.3 Å². The van der Waals surface area contributed by atoms with Crippen LogP contribution in [0, 0.1) is 0 Å². The molecule has 0 radical (unpaired) electrons. The second-order valence-electron chi connectivity index (χ2n) is 17.7. The lowest BCUT2D eigenvalue weighted by molar-refractivity contribution is 0.613. The smallest absolute Gasteiger partial charge is 0.0536 e. The lowest BCUT2D eigenvalue weighted by atomic mass is 9.76. The Morgan fingerprint density at radius 1 is 0.677 bits per heavy atom. The van der Waals surface area contributed by atoms with Crippen molar-refractivity contribution in [2.24, 2.45) is 0 Å². The molecule has 11 rings (SSSR count). The summed E-state index contributed by atoms with van der Waals surface area (Å²) in [4.78, 5) is 2.60. The van der Waals surface area contributed by atoms with Crippen molar-refractivity contribution in [3.63, 3.8) is 0 Å². The van der Waals surface area contributed by atoms with E-state index >= 15 is 0 Å². The number of benzene rings is 8. The third kappa shape index (κ3) is 6.52. The SMILES string of the molecule is CC/C=C(\CCCc1cccc2c1sc1ccccc12)N(c1ccc2c(c1)C(C)(C)C1=CC(c3cc4ccccc4c4ccccc34)=CCC12)c1ccccc1-c1ccccc1. The third-order valence-electron chi connectivity index (χ3n) is 13.7. The molecule has 8 aromatic carbocycles. The van der Waals surface area contributed by atoms with Crippen molar-refractivity contribution in [1.29, 1.82) is 0 Å². The first-order valence-electron chi connectivity index (χ1n) is 22.5. The highest BCUT2D eigenvalue weighted by atomic mass is 32.1. The summed E-state index contributed by atoms with van der Waals surface area (Å²) < 4.78 is 2.80. The second-order valence-corrected chi connectivity index (χ2v) is 18.8. The molecular weight excluding hydrogens is 767 g/mol. The number of hydrogen-bond donors (Lipinski definition) is 0. The van der Waals surface area contributed by atoms with Gasteiger partial charge in [0.15, 0.2) is 0 Å². The summed E-state index contributed by atoms with van der Waals surface area (Å²) in [5.41, 5.74) is 14.7. The van der Waals surface area contributed by atoms with Gasteiger partial charge in [-0.2, -0.15) is 0 Å². The number of rotatable bonds is 10. The minimum absolute atomic E-state index is 0.135. The van der Waals surface area contributed by atoms with Gasteiger partial charge in [0.1, 0.15) is 0 Å². The van der Waals surface area contributed by atoms with E-state index in [0.29, 0.717) is 5.92 Å². The molecule has 0 aliphatic heterocycles. The van der Waals surface area contributed by atoms with E-state index in [0.717, 1.165) is 32.1 Å². The molecule has 1 nitrogen and oxygen atoms in total. The van der Waals surface area contributed by atoms with E-state index in [-0.39, 0.29) is 5.41 Å². The number of para-hydroxylation sites is 1. The lowest BCUT2D eigenvalue weighted by Gasteiger charge is -2.32. The van der Waals surface area contributed by atoms with E-state index in [2.05, 4.69) is 214 Å². The molecule has 0 saturated heterocycles. The summed E-state index contributed by atoms with van der Waals surface area (Å²) in [6, 6.07) is 63.3. The lowest BCUT2D eigenvalue weighted by Crippen LogP contribution is -2.20. The molecule has 1 heterocycles. The molecule has 0 saturated carbocycles. The number of thiophene rings is 1. The molecule has 1 unspecified atom stereocenters. The van der Waals surface area contributed by atoms with Crippen molar-refractivity contribution in [3.8, 4) is 11.1 Å². The van der Waals surface area contributed by atoms with Gasteiger partial charge in [-0.15, -0.1) is 11.3 Å². The van der Waals surface area contributed by atoms with Crippen LogP contribution in [0.2, 0.25) is 0 Å². The van der Waals surface area contributed by atoms with Gasteiger partial charge in [0.2, 0.25) is 0 Å². The standard InChI is InChI=1S/C60H51NS/c1-4-18-44(24-16-22-41-23-17-30-53-52-29-13-15-32-58(52)62-59(41)53)61(57-31-14-12-26-47(57)40-19-6-5-7-20-40)45-34-36-51-50-35-33-43(38-55(50)60(2,3)56(51)39-45)54-37-42-21-8-9-25-46(42)48-27-10-11-28-49(48)54/h5-15,17-21,23,25-34,36-39,50H,4,16,22,24,35H2,1-3H3/b44-18+. The van der Waals surface area contributed by atoms with Crippen molar-refractivity contribution < 1.29 is 0 Å². The molecule has 0 spiro atoms. The van der Waals surface area contributed by atoms with Crippen molar-refractivity contribution in [3.05, 3.63) is 222 Å². The molecule has 0 fully saturated rings. The van der Waals surface area contributed by atoms with Crippen LogP contribution < -0.4 is 4.90 Å². The van der Waals surface area contributed by atoms with Crippen molar-refractivity contribution in [2.75, 3.05) is 4.90 Å². The molecule has 0 bridgehead atoms. The zero-order valence-corrected chi connectivity index (χ0v) is 36.7. The Kier molecular flexibility index (Phi) is 9.78. The summed E-state index contributed by atoms with van der Waals surface area (Å²) in [6.07, 6.45) is 12.6. The Bertz CT molecular complexity index is 3270. The van der Waals surface area contributed by atoms with Crippen LogP contribution in [0.1, 0.15) is 74.6 Å². The minimum atomic E-state index is -0.135. The Morgan fingerprint density at radius 3 is 2.26 bits per heavy atom. The normalized spacial score (nSPS) is 15.8. The molecule has 302 valence electrons. The molecule has 1 atom stereocenters. The average molecular weight is 818 g/mol. The van der Waals surface area contributed by atoms with Gasteiger partial charge >= 0.3 is 0 Å². The molecule has 2 aliphatic rings. The first-order chi connectivity index (χ1) is 30.5. The number of hydrogen-bond acceptors (Lipinski definition) is 2. The Balaban J connectivity index is 0.982. The van der Waals surface area contributed by atoms with E-state index < -0.39 is 0 Å². The van der Waals surface area contributed by atoms with Crippen LogP contribution in [0.15, 0.2) is 199 Å². The van der Waals surface area contributed by atoms with E-state index in [1.165, 1.54) is 103 Å². The van der Waals surface area contributed by atoms with Crippen LogP contribution in [0.4, 0.5) is 11.4 Å². The number of anilines is 2. The molecular formula is C60H51NS. The van der Waals surface area contributed by atoms with Crippen molar-refractivity contribution in [1.82, 2.24) is 0 Å². The van der Waals surface area contributed by atoms with Gasteiger partial charge in [0.25, 0.3) is 0 Å². The quantitative estimate of drug-likeness (QED) is 0.124. The summed E-state index contributed by atoms with van der Waals surface area (Å²) in [5.74, 6) is 0.372. The maximum atomic E-state index is 2.60. The van der Waals surface area contributed by atoms with Gasteiger partial charge in [-0.1, -0.05) is 184 Å². The highest BCUT2D eigenvalue weighted by Gasteiger charge is 2.43. The third-order valence-corrected chi connectivity index (χ3v) is 15.0. The molecule has 9 aromatic rings. The van der Waals surface area contributed by atoms with Crippen LogP contribution in [-0.4, -0.2) is 0 Å². The van der Waals surface area contributed by atoms with Gasteiger partial charge in [-0.25, -0.2) is 0 Å². The minimum Gasteiger partial charge on any atom is -0.314 e. The zero-order chi connectivity index (χ0) is 41.8. The van der Waals surface area contributed by atoms with E-state index in [9.17, 15) is 0 Å². The van der Waals surface area contributed by atoms with Gasteiger partial charge in [0.05, 0.1) is 5.69 Å². The predicted octanol–water partition coefficient (Wildman–Crippen LogP) is 17.3. The van der Waals surface area contributed by atoms with Crippen LogP contribution in [0.5, 0.6) is 0 Å². The Morgan fingerprint density at radius 2 is 1.40 bits per heavy atom. The summed E-state index contributed by atoms with van der Waals surface area (Å²) in [5, 5.41) is 8.02. The molecule has 1 aromatic heterocycles. The zero-order valence-electron chi connectivity index (χ0n) is 35.9. The fraction of sp³-hybridized carbons (Fsp3) is 0.167.